The second kappa shape index (κ2) is 8.87. The van der Waals surface area contributed by atoms with Crippen molar-refractivity contribution < 1.29 is 26.4 Å². The zero-order valence-corrected chi connectivity index (χ0v) is 19.2. The molecule has 1 amide bonds. The van der Waals surface area contributed by atoms with Gasteiger partial charge in [-0.3, -0.25) is 9.48 Å². The van der Waals surface area contributed by atoms with Gasteiger partial charge in [0.2, 0.25) is 15.9 Å². The molecule has 0 atom stereocenters. The normalized spacial score (nSPS) is 16.2. The molecule has 3 rings (SSSR count). The Morgan fingerprint density at radius 1 is 1.16 bits per heavy atom. The second-order valence-electron chi connectivity index (χ2n) is 7.41. The average Bonchev–Trinajstić information content (AvgIpc) is 2.96. The summed E-state index contributed by atoms with van der Waals surface area (Å²) in [6.45, 7) is 3.89. The van der Waals surface area contributed by atoms with E-state index in [4.69, 9.17) is 11.6 Å². The van der Waals surface area contributed by atoms with E-state index in [0.29, 0.717) is 6.07 Å². The molecule has 7 nitrogen and oxygen atoms in total. The molecule has 1 aromatic carbocycles. The molecule has 2 aromatic rings. The van der Waals surface area contributed by atoms with Gasteiger partial charge in [0.05, 0.1) is 21.2 Å². The number of hydrogen-bond acceptors (Lipinski definition) is 4. The maximum atomic E-state index is 13.1. The highest BCUT2D eigenvalue weighted by Gasteiger charge is 2.36. The Morgan fingerprint density at radius 3 is 2.31 bits per heavy atom. The van der Waals surface area contributed by atoms with Gasteiger partial charge in [0.1, 0.15) is 0 Å². The minimum Gasteiger partial charge on any atom is -0.337 e. The number of aromatic nitrogens is 2. The van der Waals surface area contributed by atoms with Gasteiger partial charge in [-0.1, -0.05) is 11.6 Å². The van der Waals surface area contributed by atoms with Crippen LogP contribution >= 0.6 is 11.6 Å². The molecule has 0 aliphatic carbocycles. The molecule has 1 aromatic heterocycles. The molecular weight excluding hydrogens is 469 g/mol. The van der Waals surface area contributed by atoms with E-state index in [9.17, 15) is 26.4 Å². The monoisotopic (exact) mass is 490 g/mol. The zero-order valence-electron chi connectivity index (χ0n) is 17.6. The van der Waals surface area contributed by atoms with Crippen molar-refractivity contribution in [3.8, 4) is 0 Å². The van der Waals surface area contributed by atoms with Gasteiger partial charge in [0, 0.05) is 50.6 Å². The van der Waals surface area contributed by atoms with Crippen molar-refractivity contribution in [1.82, 2.24) is 19.0 Å². The molecule has 1 fully saturated rings. The van der Waals surface area contributed by atoms with E-state index in [1.807, 2.05) is 13.8 Å². The molecule has 1 aliphatic heterocycles. The van der Waals surface area contributed by atoms with Crippen LogP contribution in [-0.4, -0.2) is 59.5 Å². The minimum absolute atomic E-state index is 0.0309. The van der Waals surface area contributed by atoms with E-state index in [1.165, 1.54) is 11.0 Å². The van der Waals surface area contributed by atoms with E-state index in [1.54, 1.807) is 17.8 Å². The molecule has 32 heavy (non-hydrogen) atoms. The molecule has 0 unspecified atom stereocenters. The number of carbonyl (C=O) groups excluding carboxylic acids is 1. The Kier molecular flexibility index (Phi) is 6.73. The van der Waals surface area contributed by atoms with Crippen molar-refractivity contribution in [2.24, 2.45) is 7.05 Å². The van der Waals surface area contributed by atoms with Crippen LogP contribution in [0.25, 0.3) is 6.08 Å². The number of piperazine rings is 1. The molecule has 0 bridgehead atoms. The third-order valence-corrected chi connectivity index (χ3v) is 7.61. The predicted molar refractivity (Wildman–Crippen MR) is 114 cm³/mol. The lowest BCUT2D eigenvalue weighted by molar-refractivity contribution is -0.137. The third-order valence-electron chi connectivity index (χ3n) is 5.39. The fourth-order valence-corrected chi connectivity index (χ4v) is 5.14. The number of benzene rings is 1. The number of amides is 1. The minimum atomic E-state index is -4.77. The number of halogens is 4. The Labute approximate surface area is 189 Å². The summed E-state index contributed by atoms with van der Waals surface area (Å²) in [5.41, 5.74) is 1.32. The van der Waals surface area contributed by atoms with E-state index in [-0.39, 0.29) is 32.1 Å². The molecule has 1 saturated heterocycles. The summed E-state index contributed by atoms with van der Waals surface area (Å²) in [5, 5.41) is 3.71. The van der Waals surface area contributed by atoms with Crippen molar-refractivity contribution in [3.05, 3.63) is 51.8 Å². The van der Waals surface area contributed by atoms with Crippen molar-refractivity contribution in [1.29, 1.82) is 0 Å². The summed E-state index contributed by atoms with van der Waals surface area (Å²) in [6.07, 6.45) is -1.68. The first-order valence-electron chi connectivity index (χ1n) is 9.66. The Hall–Kier alpha value is -2.37. The first kappa shape index (κ1) is 24.3. The summed E-state index contributed by atoms with van der Waals surface area (Å²) >= 11 is 5.58. The summed E-state index contributed by atoms with van der Waals surface area (Å²) in [4.78, 5) is 13.5. The summed E-state index contributed by atoms with van der Waals surface area (Å²) < 4.78 is 67.7. The number of aryl methyl sites for hydroxylation is 2. The highest BCUT2D eigenvalue weighted by molar-refractivity contribution is 7.89. The maximum Gasteiger partial charge on any atom is 0.417 e. The van der Waals surface area contributed by atoms with Gasteiger partial charge in [0.15, 0.2) is 0 Å². The van der Waals surface area contributed by atoms with Gasteiger partial charge < -0.3 is 4.90 Å². The average molecular weight is 491 g/mol. The molecule has 0 N–H and O–H groups in total. The first-order valence-corrected chi connectivity index (χ1v) is 11.5. The van der Waals surface area contributed by atoms with Gasteiger partial charge in [-0.15, -0.1) is 0 Å². The fraction of sp³-hybridized carbons (Fsp3) is 0.400. The van der Waals surface area contributed by atoms with Crippen LogP contribution in [0.2, 0.25) is 5.02 Å². The van der Waals surface area contributed by atoms with Crippen LogP contribution in [0.4, 0.5) is 13.2 Å². The van der Waals surface area contributed by atoms with Crippen molar-refractivity contribution in [2.75, 3.05) is 26.2 Å². The number of alkyl halides is 3. The van der Waals surface area contributed by atoms with Crippen LogP contribution in [0.1, 0.15) is 22.5 Å². The van der Waals surface area contributed by atoms with Crippen LogP contribution in [0, 0.1) is 13.8 Å². The van der Waals surface area contributed by atoms with E-state index in [2.05, 4.69) is 5.10 Å². The van der Waals surface area contributed by atoms with Crippen molar-refractivity contribution in [2.45, 2.75) is 24.9 Å². The van der Waals surface area contributed by atoms with E-state index < -0.39 is 31.7 Å². The number of rotatable bonds is 4. The molecule has 0 saturated carbocycles. The van der Waals surface area contributed by atoms with E-state index in [0.717, 1.165) is 33.4 Å². The largest absolute Gasteiger partial charge is 0.417 e. The number of sulfonamides is 1. The lowest BCUT2D eigenvalue weighted by Gasteiger charge is -2.33. The van der Waals surface area contributed by atoms with Gasteiger partial charge >= 0.3 is 6.18 Å². The fourth-order valence-electron chi connectivity index (χ4n) is 3.47. The van der Waals surface area contributed by atoms with Crippen molar-refractivity contribution in [3.63, 3.8) is 0 Å². The van der Waals surface area contributed by atoms with Gasteiger partial charge in [-0.2, -0.15) is 22.6 Å². The molecule has 2 heterocycles. The van der Waals surface area contributed by atoms with Gasteiger partial charge in [0.25, 0.3) is 0 Å². The third kappa shape index (κ3) is 4.84. The molecular formula is C20H22ClF3N4O3S. The topological polar surface area (TPSA) is 75.5 Å². The van der Waals surface area contributed by atoms with Crippen LogP contribution in [-0.2, 0) is 28.0 Å². The number of hydrogen-bond donors (Lipinski definition) is 0. The summed E-state index contributed by atoms with van der Waals surface area (Å²) in [7, 11) is -2.36. The standard InChI is InChI=1S/C20H22ClF3N4O3S/c1-13-16(14(2)26(3)25-13)5-7-19(29)27-8-10-28(11-9-27)32(30,31)15-4-6-18(21)17(12-15)20(22,23)24/h4-7,12H,8-11H2,1-3H3/b7-5+. The Balaban J connectivity index is 1.70. The molecule has 174 valence electrons. The highest BCUT2D eigenvalue weighted by Crippen LogP contribution is 2.36. The van der Waals surface area contributed by atoms with Gasteiger partial charge in [-0.25, -0.2) is 8.42 Å². The quantitative estimate of drug-likeness (QED) is 0.617. The molecule has 12 heteroatoms. The number of carbonyl (C=O) groups is 1. The van der Waals surface area contributed by atoms with Crippen LogP contribution in [0.15, 0.2) is 29.2 Å². The SMILES string of the molecule is Cc1nn(C)c(C)c1/C=C/C(=O)N1CCN(S(=O)(=O)c2ccc(Cl)c(C(F)(F)F)c2)CC1. The second-order valence-corrected chi connectivity index (χ2v) is 9.76. The summed E-state index contributed by atoms with van der Waals surface area (Å²) in [5.74, 6) is -0.282. The number of nitrogens with zero attached hydrogens (tertiary/aromatic N) is 4. The van der Waals surface area contributed by atoms with Crippen LogP contribution in [0.3, 0.4) is 0 Å². The molecule has 1 aliphatic rings. The molecule has 0 radical (unpaired) electrons. The van der Waals surface area contributed by atoms with Crippen molar-refractivity contribution >= 4 is 33.6 Å². The lowest BCUT2D eigenvalue weighted by atomic mass is 10.2. The summed E-state index contributed by atoms with van der Waals surface area (Å²) in [6, 6.07) is 2.51. The first-order chi connectivity index (χ1) is 14.8. The Bertz CT molecular complexity index is 1170. The van der Waals surface area contributed by atoms with Gasteiger partial charge in [-0.05, 0) is 38.1 Å². The smallest absolute Gasteiger partial charge is 0.337 e. The van der Waals surface area contributed by atoms with E-state index >= 15 is 0 Å². The maximum absolute atomic E-state index is 13.1. The lowest BCUT2D eigenvalue weighted by Crippen LogP contribution is -2.50. The Morgan fingerprint density at radius 2 is 1.78 bits per heavy atom. The highest BCUT2D eigenvalue weighted by atomic mass is 35.5. The zero-order chi connectivity index (χ0) is 23.8. The van der Waals surface area contributed by atoms with Crippen LogP contribution in [0.5, 0.6) is 0 Å². The molecule has 0 spiro atoms. The predicted octanol–water partition coefficient (Wildman–Crippen LogP) is 3.26. The van der Waals surface area contributed by atoms with Crippen LogP contribution < -0.4 is 0 Å².